The molecule has 0 atom stereocenters. The maximum Gasteiger partial charge on any atom is 0.125 e. The van der Waals surface area contributed by atoms with Gasteiger partial charge in [0.15, 0.2) is 0 Å². The van der Waals surface area contributed by atoms with Crippen LogP contribution in [-0.2, 0) is 0 Å². The molecule has 1 N–H and O–H groups in total. The number of imidazole rings is 1. The van der Waals surface area contributed by atoms with Crippen LogP contribution < -0.4 is 0 Å². The van der Waals surface area contributed by atoms with Crippen molar-refractivity contribution in [3.05, 3.63) is 6.33 Å². The van der Waals surface area contributed by atoms with Gasteiger partial charge in [0.1, 0.15) is 10.1 Å². The van der Waals surface area contributed by atoms with Crippen molar-refractivity contribution in [1.29, 1.82) is 0 Å². The molecule has 2 nitrogen and oxygen atoms in total. The summed E-state index contributed by atoms with van der Waals surface area (Å²) in [6, 6.07) is 0. The summed E-state index contributed by atoms with van der Waals surface area (Å²) in [5, 5.41) is 1.35. The number of aromatic amines is 1. The molecule has 0 saturated carbocycles. The zero-order valence-electron chi connectivity index (χ0n) is 3.87. The minimum absolute atomic E-state index is 0. The first-order valence-electron chi connectivity index (χ1n) is 1.72. The van der Waals surface area contributed by atoms with Gasteiger partial charge >= 0.3 is 0 Å². The van der Waals surface area contributed by atoms with Crippen LogP contribution in [0.2, 0.25) is 0 Å². The third-order valence-corrected chi connectivity index (χ3v) is 1.46. The minimum atomic E-state index is 0. The van der Waals surface area contributed by atoms with Gasteiger partial charge in [-0.3, -0.25) is 0 Å². The van der Waals surface area contributed by atoms with E-state index in [2.05, 4.69) is 35.2 Å². The molecule has 5 heteroatoms. The number of hydrogen-bond acceptors (Lipinski definition) is 3. The van der Waals surface area contributed by atoms with Crippen molar-refractivity contribution < 1.29 is 0 Å². The predicted octanol–water partition coefficient (Wildman–Crippen LogP) is 0.606. The summed E-state index contributed by atoms with van der Waals surface area (Å²) in [6.45, 7) is 0. The van der Waals surface area contributed by atoms with Crippen LogP contribution >= 0.6 is 25.3 Å². The third-order valence-electron chi connectivity index (χ3n) is 0.600. The van der Waals surface area contributed by atoms with Crippen molar-refractivity contribution in [1.82, 2.24) is 9.97 Å². The van der Waals surface area contributed by atoms with Crippen molar-refractivity contribution in [3.8, 4) is 0 Å². The second kappa shape index (κ2) is 3.75. The van der Waals surface area contributed by atoms with Crippen molar-refractivity contribution in [3.63, 3.8) is 0 Å². The average Bonchev–Trinajstić information content (AvgIpc) is 1.91. The van der Waals surface area contributed by atoms with Gasteiger partial charge in [-0.25, -0.2) is 4.98 Å². The Morgan fingerprint density at radius 1 is 1.50 bits per heavy atom. The second-order valence-corrected chi connectivity index (χ2v) is 1.95. The van der Waals surface area contributed by atoms with Gasteiger partial charge in [0.05, 0.1) is 6.33 Å². The molecule has 0 aromatic carbocycles. The summed E-state index contributed by atoms with van der Waals surface area (Å²) in [6.07, 6.45) is 1.55. The molecule has 1 rings (SSSR count). The molecular formula is C3H4BiN2S2. The molecule has 3 radical (unpaired) electrons. The Hall–Kier alpha value is 0.793. The molecule has 0 fully saturated rings. The van der Waals surface area contributed by atoms with Crippen molar-refractivity contribution in [2.24, 2.45) is 0 Å². The zero-order chi connectivity index (χ0) is 5.28. The SMILES string of the molecule is Sc1nc[nH]c1S.[Bi]. The van der Waals surface area contributed by atoms with Gasteiger partial charge in [0.2, 0.25) is 0 Å². The van der Waals surface area contributed by atoms with Crippen molar-refractivity contribution in [2.45, 2.75) is 10.1 Å². The molecule has 1 heterocycles. The van der Waals surface area contributed by atoms with Crippen LogP contribution in [0.5, 0.6) is 0 Å². The number of rotatable bonds is 0. The molecule has 8 heavy (non-hydrogen) atoms. The fourth-order valence-corrected chi connectivity index (χ4v) is 0.518. The standard InChI is InChI=1S/C3H4N2S2.Bi/c6-2-3(7)5-1-4-2;/h1,6-7H,(H,4,5);. The maximum absolute atomic E-state index is 3.95. The quantitative estimate of drug-likeness (QED) is 0.468. The molecule has 0 aliphatic carbocycles. The number of H-pyrrole nitrogens is 1. The van der Waals surface area contributed by atoms with Gasteiger partial charge in [0, 0.05) is 26.2 Å². The van der Waals surface area contributed by atoms with Crippen LogP contribution in [-0.4, -0.2) is 36.2 Å². The minimum Gasteiger partial charge on any atom is -0.339 e. The van der Waals surface area contributed by atoms with Crippen molar-refractivity contribution >= 4 is 51.5 Å². The van der Waals surface area contributed by atoms with Gasteiger partial charge in [-0.15, -0.1) is 25.3 Å². The van der Waals surface area contributed by atoms with Gasteiger partial charge in [0.25, 0.3) is 0 Å². The Morgan fingerprint density at radius 3 is 2.25 bits per heavy atom. The molecule has 0 aliphatic heterocycles. The molecule has 43 valence electrons. The van der Waals surface area contributed by atoms with E-state index in [9.17, 15) is 0 Å². The topological polar surface area (TPSA) is 28.7 Å². The second-order valence-electron chi connectivity index (χ2n) is 1.07. The van der Waals surface area contributed by atoms with Crippen LogP contribution in [0.4, 0.5) is 0 Å². The van der Waals surface area contributed by atoms with Gasteiger partial charge in [-0.1, -0.05) is 0 Å². The van der Waals surface area contributed by atoms with E-state index < -0.39 is 0 Å². The Kier molecular flexibility index (Phi) is 4.12. The summed E-state index contributed by atoms with van der Waals surface area (Å²) in [5.74, 6) is 0. The first-order valence-corrected chi connectivity index (χ1v) is 2.61. The predicted molar refractivity (Wildman–Crippen MR) is 38.8 cm³/mol. The van der Waals surface area contributed by atoms with E-state index in [-0.39, 0.29) is 26.2 Å². The zero-order valence-corrected chi connectivity index (χ0v) is 9.13. The molecule has 0 saturated heterocycles. The smallest absolute Gasteiger partial charge is 0.125 e. The Bertz CT molecular complexity index is 148. The number of nitrogens with zero attached hydrogens (tertiary/aromatic N) is 1. The van der Waals surface area contributed by atoms with Gasteiger partial charge in [-0.05, 0) is 0 Å². The first-order chi connectivity index (χ1) is 3.30. The Balaban J connectivity index is 0.000000490. The summed E-state index contributed by atoms with van der Waals surface area (Å²) in [7, 11) is 0. The number of thiol groups is 2. The Labute approximate surface area is 77.4 Å². The van der Waals surface area contributed by atoms with E-state index in [1.807, 2.05) is 0 Å². The van der Waals surface area contributed by atoms with Crippen LogP contribution in [0, 0.1) is 0 Å². The summed E-state index contributed by atoms with van der Waals surface area (Å²) in [4.78, 5) is 6.49. The fraction of sp³-hybridized carbons (Fsp3) is 0. The third kappa shape index (κ3) is 1.96. The van der Waals surface area contributed by atoms with E-state index in [1.165, 1.54) is 0 Å². The van der Waals surface area contributed by atoms with E-state index in [0.29, 0.717) is 10.1 Å². The first kappa shape index (κ1) is 8.79. The number of hydrogen-bond donors (Lipinski definition) is 3. The van der Waals surface area contributed by atoms with Crippen LogP contribution in [0.25, 0.3) is 0 Å². The molecule has 0 spiro atoms. The maximum atomic E-state index is 3.95. The number of nitrogens with one attached hydrogen (secondary N) is 1. The normalized spacial score (nSPS) is 8.25. The van der Waals surface area contributed by atoms with E-state index in [4.69, 9.17) is 0 Å². The van der Waals surface area contributed by atoms with E-state index >= 15 is 0 Å². The molecule has 0 unspecified atom stereocenters. The van der Waals surface area contributed by atoms with Crippen LogP contribution in [0.3, 0.4) is 0 Å². The molecule has 1 aromatic heterocycles. The molecular weight excluding hydrogens is 337 g/mol. The van der Waals surface area contributed by atoms with E-state index in [0.717, 1.165) is 0 Å². The monoisotopic (exact) mass is 341 g/mol. The largest absolute Gasteiger partial charge is 0.339 e. The van der Waals surface area contributed by atoms with Crippen LogP contribution in [0.15, 0.2) is 16.4 Å². The summed E-state index contributed by atoms with van der Waals surface area (Å²) < 4.78 is 0. The molecule has 0 aliphatic rings. The van der Waals surface area contributed by atoms with Crippen LogP contribution in [0.1, 0.15) is 0 Å². The van der Waals surface area contributed by atoms with Gasteiger partial charge in [-0.2, -0.15) is 0 Å². The summed E-state index contributed by atoms with van der Waals surface area (Å²) >= 11 is 7.88. The molecule has 0 amide bonds. The Morgan fingerprint density at radius 2 is 2.12 bits per heavy atom. The molecule has 1 aromatic rings. The fourth-order valence-electron chi connectivity index (χ4n) is 0.280. The molecule has 0 bridgehead atoms. The summed E-state index contributed by atoms with van der Waals surface area (Å²) in [5.41, 5.74) is 0. The van der Waals surface area contributed by atoms with Crippen molar-refractivity contribution in [2.75, 3.05) is 0 Å². The number of aromatic nitrogens is 2. The van der Waals surface area contributed by atoms with E-state index in [1.54, 1.807) is 6.33 Å². The average molecular weight is 341 g/mol. The van der Waals surface area contributed by atoms with Gasteiger partial charge < -0.3 is 4.98 Å².